The third-order valence-corrected chi connectivity index (χ3v) is 5.62. The van der Waals surface area contributed by atoms with E-state index in [1.54, 1.807) is 37.4 Å². The van der Waals surface area contributed by atoms with Crippen LogP contribution in [0.5, 0.6) is 11.5 Å². The molecule has 0 bridgehead atoms. The number of pyridine rings is 1. The van der Waals surface area contributed by atoms with Crippen molar-refractivity contribution in [2.24, 2.45) is 0 Å². The number of aromatic nitrogens is 1. The van der Waals surface area contributed by atoms with Gasteiger partial charge in [0.05, 0.1) is 10.4 Å². The summed E-state index contributed by atoms with van der Waals surface area (Å²) in [7, 11) is -3.86. The molecule has 0 amide bonds. The molecule has 7 heteroatoms. The minimum atomic E-state index is -3.86. The standard InChI is InChI=1S/C19H17NO5S/c1-13-5-2-3-7-18(13)26(21,22)24-12-14-11-23-17-9-8-16-15(19(17)25-14)6-4-10-20-16/h2-10,14H,11-12H2,1H3/t14-/m1/s1. The molecule has 2 aromatic carbocycles. The van der Waals surface area contributed by atoms with Crippen molar-refractivity contribution in [1.82, 2.24) is 4.98 Å². The first-order chi connectivity index (χ1) is 12.5. The fourth-order valence-electron chi connectivity index (χ4n) is 2.87. The molecule has 3 aromatic rings. The summed E-state index contributed by atoms with van der Waals surface area (Å²) in [6, 6.07) is 14.1. The van der Waals surface area contributed by atoms with Crippen LogP contribution < -0.4 is 9.47 Å². The Labute approximate surface area is 151 Å². The zero-order valence-corrected chi connectivity index (χ0v) is 14.9. The van der Waals surface area contributed by atoms with Crippen LogP contribution in [0.25, 0.3) is 10.9 Å². The lowest BCUT2D eigenvalue weighted by molar-refractivity contribution is 0.0571. The topological polar surface area (TPSA) is 74.7 Å². The SMILES string of the molecule is Cc1ccccc1S(=O)(=O)OC[C@H]1COc2ccc3ncccc3c2O1. The number of nitrogens with zero attached hydrogens (tertiary/aromatic N) is 1. The lowest BCUT2D eigenvalue weighted by atomic mass is 10.1. The van der Waals surface area contributed by atoms with Crippen LogP contribution in [0, 0.1) is 6.92 Å². The van der Waals surface area contributed by atoms with Crippen molar-refractivity contribution in [2.75, 3.05) is 13.2 Å². The Hall–Kier alpha value is -2.64. The molecule has 0 aliphatic carbocycles. The van der Waals surface area contributed by atoms with E-state index in [1.165, 1.54) is 6.07 Å². The molecular formula is C19H17NO5S. The molecule has 0 spiro atoms. The number of aryl methyl sites for hydroxylation is 1. The zero-order valence-electron chi connectivity index (χ0n) is 14.1. The summed E-state index contributed by atoms with van der Waals surface area (Å²) >= 11 is 0. The monoisotopic (exact) mass is 371 g/mol. The number of benzene rings is 2. The van der Waals surface area contributed by atoms with E-state index in [4.69, 9.17) is 13.7 Å². The maximum absolute atomic E-state index is 12.4. The van der Waals surface area contributed by atoms with Gasteiger partial charge < -0.3 is 9.47 Å². The lowest BCUT2D eigenvalue weighted by Gasteiger charge is -2.27. The van der Waals surface area contributed by atoms with Gasteiger partial charge in [-0.3, -0.25) is 9.17 Å². The van der Waals surface area contributed by atoms with E-state index in [0.717, 1.165) is 10.9 Å². The van der Waals surface area contributed by atoms with E-state index in [9.17, 15) is 8.42 Å². The second kappa shape index (κ2) is 6.59. The smallest absolute Gasteiger partial charge is 0.297 e. The first-order valence-corrected chi connectivity index (χ1v) is 9.58. The first-order valence-electron chi connectivity index (χ1n) is 8.17. The molecule has 0 fully saturated rings. The normalized spacial score (nSPS) is 16.6. The first kappa shape index (κ1) is 16.8. The highest BCUT2D eigenvalue weighted by Gasteiger charge is 2.26. The van der Waals surface area contributed by atoms with Crippen molar-refractivity contribution >= 4 is 21.0 Å². The quantitative estimate of drug-likeness (QED) is 0.656. The van der Waals surface area contributed by atoms with Gasteiger partial charge in [0.15, 0.2) is 17.6 Å². The van der Waals surface area contributed by atoms with Crippen molar-refractivity contribution in [1.29, 1.82) is 0 Å². The minimum absolute atomic E-state index is 0.132. The van der Waals surface area contributed by atoms with Crippen LogP contribution >= 0.6 is 0 Å². The summed E-state index contributed by atoms with van der Waals surface area (Å²) in [6.45, 7) is 1.81. The maximum atomic E-state index is 12.4. The number of rotatable bonds is 4. The molecule has 1 aromatic heterocycles. The Kier molecular flexibility index (Phi) is 4.26. The Morgan fingerprint density at radius 1 is 1.15 bits per heavy atom. The summed E-state index contributed by atoms with van der Waals surface area (Å²) in [6.07, 6.45) is 1.17. The van der Waals surface area contributed by atoms with Crippen molar-refractivity contribution in [2.45, 2.75) is 17.9 Å². The van der Waals surface area contributed by atoms with Gasteiger partial charge in [-0.1, -0.05) is 18.2 Å². The average molecular weight is 371 g/mol. The second-order valence-electron chi connectivity index (χ2n) is 6.02. The summed E-state index contributed by atoms with van der Waals surface area (Å²) < 4.78 is 41.7. The predicted octanol–water partition coefficient (Wildman–Crippen LogP) is 3.09. The number of ether oxygens (including phenoxy) is 2. The summed E-state index contributed by atoms with van der Waals surface area (Å²) in [4.78, 5) is 4.45. The molecule has 0 unspecified atom stereocenters. The highest BCUT2D eigenvalue weighted by Crippen LogP contribution is 2.38. The van der Waals surface area contributed by atoms with Crippen LogP contribution in [-0.2, 0) is 14.3 Å². The molecule has 0 saturated heterocycles. The third kappa shape index (κ3) is 3.11. The Bertz CT molecular complexity index is 1060. The predicted molar refractivity (Wildman–Crippen MR) is 96.0 cm³/mol. The molecule has 6 nitrogen and oxygen atoms in total. The second-order valence-corrected chi connectivity index (χ2v) is 7.60. The van der Waals surface area contributed by atoms with Gasteiger partial charge in [-0.2, -0.15) is 8.42 Å². The lowest BCUT2D eigenvalue weighted by Crippen LogP contribution is -2.34. The van der Waals surface area contributed by atoms with Gasteiger partial charge in [0, 0.05) is 11.6 Å². The largest absolute Gasteiger partial charge is 0.486 e. The van der Waals surface area contributed by atoms with E-state index in [0.29, 0.717) is 17.1 Å². The van der Waals surface area contributed by atoms with Gasteiger partial charge >= 0.3 is 0 Å². The van der Waals surface area contributed by atoms with E-state index in [-0.39, 0.29) is 18.1 Å². The van der Waals surface area contributed by atoms with Crippen LogP contribution in [0.15, 0.2) is 59.6 Å². The van der Waals surface area contributed by atoms with Crippen LogP contribution in [0.4, 0.5) is 0 Å². The molecule has 1 aliphatic rings. The Balaban J connectivity index is 1.53. The molecule has 0 radical (unpaired) electrons. The zero-order chi connectivity index (χ0) is 18.1. The van der Waals surface area contributed by atoms with Crippen molar-refractivity contribution < 1.29 is 22.1 Å². The molecule has 26 heavy (non-hydrogen) atoms. The molecule has 1 atom stereocenters. The fraction of sp³-hybridized carbons (Fsp3) is 0.211. The van der Waals surface area contributed by atoms with E-state index in [1.807, 2.05) is 18.2 Å². The molecule has 134 valence electrons. The van der Waals surface area contributed by atoms with Gasteiger partial charge in [-0.25, -0.2) is 0 Å². The Morgan fingerprint density at radius 3 is 2.85 bits per heavy atom. The van der Waals surface area contributed by atoms with Gasteiger partial charge in [-0.15, -0.1) is 0 Å². The molecule has 4 rings (SSSR count). The fourth-order valence-corrected chi connectivity index (χ4v) is 4.04. The van der Waals surface area contributed by atoms with E-state index in [2.05, 4.69) is 4.98 Å². The Morgan fingerprint density at radius 2 is 2.00 bits per heavy atom. The molecule has 0 saturated carbocycles. The minimum Gasteiger partial charge on any atom is -0.486 e. The molecular weight excluding hydrogens is 354 g/mol. The highest BCUT2D eigenvalue weighted by molar-refractivity contribution is 7.86. The molecule has 2 heterocycles. The molecule has 1 aliphatic heterocycles. The summed E-state index contributed by atoms with van der Waals surface area (Å²) in [5.41, 5.74) is 1.42. The summed E-state index contributed by atoms with van der Waals surface area (Å²) in [5, 5.41) is 0.816. The van der Waals surface area contributed by atoms with Crippen LogP contribution in [-0.4, -0.2) is 32.7 Å². The number of hydrogen-bond donors (Lipinski definition) is 0. The van der Waals surface area contributed by atoms with Gasteiger partial charge in [0.25, 0.3) is 10.1 Å². The third-order valence-electron chi connectivity index (χ3n) is 4.18. The van der Waals surface area contributed by atoms with Crippen molar-refractivity contribution in [3.05, 3.63) is 60.3 Å². The van der Waals surface area contributed by atoms with Crippen molar-refractivity contribution in [3.8, 4) is 11.5 Å². The average Bonchev–Trinajstić information content (AvgIpc) is 2.66. The maximum Gasteiger partial charge on any atom is 0.297 e. The van der Waals surface area contributed by atoms with Crippen LogP contribution in [0.2, 0.25) is 0 Å². The number of hydrogen-bond acceptors (Lipinski definition) is 6. The number of fused-ring (bicyclic) bond motifs is 3. The van der Waals surface area contributed by atoms with Crippen molar-refractivity contribution in [3.63, 3.8) is 0 Å². The van der Waals surface area contributed by atoms with Gasteiger partial charge in [0.1, 0.15) is 13.2 Å². The highest BCUT2D eigenvalue weighted by atomic mass is 32.2. The van der Waals surface area contributed by atoms with E-state index >= 15 is 0 Å². The van der Waals surface area contributed by atoms with Crippen LogP contribution in [0.1, 0.15) is 5.56 Å². The summed E-state index contributed by atoms with van der Waals surface area (Å²) in [5.74, 6) is 1.17. The van der Waals surface area contributed by atoms with Crippen LogP contribution in [0.3, 0.4) is 0 Å². The molecule has 0 N–H and O–H groups in total. The van der Waals surface area contributed by atoms with Gasteiger partial charge in [0.2, 0.25) is 0 Å². The van der Waals surface area contributed by atoms with E-state index < -0.39 is 16.2 Å². The van der Waals surface area contributed by atoms with Gasteiger partial charge in [-0.05, 0) is 42.8 Å².